The Morgan fingerprint density at radius 2 is 2.08 bits per heavy atom. The Bertz CT molecular complexity index is 175. The first-order valence-corrected chi connectivity index (χ1v) is 4.81. The Balaban J connectivity index is 2.53. The largest absolute Gasteiger partial charge is 0.342 e. The SMILES string of the molecule is CC(C)CN1C[C@@H](C)[C@H](C)C1=O. The van der Waals surface area contributed by atoms with Crippen molar-refractivity contribution >= 4 is 5.91 Å². The van der Waals surface area contributed by atoms with Crippen LogP contribution >= 0.6 is 0 Å². The predicted octanol–water partition coefficient (Wildman–Crippen LogP) is 1.76. The highest BCUT2D eigenvalue weighted by atomic mass is 16.2. The molecule has 12 heavy (non-hydrogen) atoms. The zero-order valence-corrected chi connectivity index (χ0v) is 8.50. The predicted molar refractivity (Wildman–Crippen MR) is 49.7 cm³/mol. The molecule has 0 radical (unpaired) electrons. The van der Waals surface area contributed by atoms with Gasteiger partial charge in [0.05, 0.1) is 0 Å². The maximum atomic E-state index is 11.6. The van der Waals surface area contributed by atoms with Crippen LogP contribution in [0.4, 0.5) is 0 Å². The highest BCUT2D eigenvalue weighted by Gasteiger charge is 2.33. The maximum Gasteiger partial charge on any atom is 0.225 e. The van der Waals surface area contributed by atoms with Crippen LogP contribution in [0.15, 0.2) is 0 Å². The molecule has 0 bridgehead atoms. The van der Waals surface area contributed by atoms with Crippen molar-refractivity contribution in [2.75, 3.05) is 13.1 Å². The summed E-state index contributed by atoms with van der Waals surface area (Å²) in [5.41, 5.74) is 0. The normalized spacial score (nSPS) is 30.4. The number of carbonyl (C=O) groups excluding carboxylic acids is 1. The van der Waals surface area contributed by atoms with Crippen LogP contribution in [0.25, 0.3) is 0 Å². The van der Waals surface area contributed by atoms with Crippen LogP contribution in [-0.4, -0.2) is 23.9 Å². The number of rotatable bonds is 2. The summed E-state index contributed by atoms with van der Waals surface area (Å²) in [6.45, 7) is 10.4. The first kappa shape index (κ1) is 9.56. The third-order valence-electron chi connectivity index (χ3n) is 2.65. The monoisotopic (exact) mass is 169 g/mol. The van der Waals surface area contributed by atoms with Gasteiger partial charge < -0.3 is 4.90 Å². The molecule has 1 aliphatic heterocycles. The summed E-state index contributed by atoms with van der Waals surface area (Å²) in [6.07, 6.45) is 0. The first-order chi connectivity index (χ1) is 5.52. The lowest BCUT2D eigenvalue weighted by Crippen LogP contribution is -2.30. The van der Waals surface area contributed by atoms with Gasteiger partial charge in [-0.25, -0.2) is 0 Å². The Kier molecular flexibility index (Phi) is 2.76. The molecule has 0 saturated carbocycles. The van der Waals surface area contributed by atoms with Gasteiger partial charge in [-0.3, -0.25) is 4.79 Å². The number of hydrogen-bond donors (Lipinski definition) is 0. The third-order valence-corrected chi connectivity index (χ3v) is 2.65. The quantitative estimate of drug-likeness (QED) is 0.617. The number of hydrogen-bond acceptors (Lipinski definition) is 1. The molecule has 0 aromatic carbocycles. The highest BCUT2D eigenvalue weighted by molar-refractivity contribution is 5.80. The molecule has 1 amide bonds. The summed E-state index contributed by atoms with van der Waals surface area (Å²) in [5, 5.41) is 0. The second-order valence-electron chi connectivity index (χ2n) is 4.40. The molecule has 1 rings (SSSR count). The minimum atomic E-state index is 0.240. The van der Waals surface area contributed by atoms with Gasteiger partial charge in [0.1, 0.15) is 0 Å². The molecule has 2 heteroatoms. The topological polar surface area (TPSA) is 20.3 Å². The molecule has 0 aromatic heterocycles. The molecule has 1 fully saturated rings. The van der Waals surface area contributed by atoms with Gasteiger partial charge in [0.2, 0.25) is 5.91 Å². The van der Waals surface area contributed by atoms with E-state index in [0.29, 0.717) is 17.7 Å². The van der Waals surface area contributed by atoms with E-state index in [1.165, 1.54) is 0 Å². The van der Waals surface area contributed by atoms with E-state index in [9.17, 15) is 4.79 Å². The molecule has 1 aliphatic rings. The molecule has 0 aromatic rings. The standard InChI is InChI=1S/C10H19NO/c1-7(2)5-11-6-8(3)9(4)10(11)12/h7-9H,5-6H2,1-4H3/t8-,9+/m1/s1. The second-order valence-corrected chi connectivity index (χ2v) is 4.40. The van der Waals surface area contributed by atoms with Crippen LogP contribution in [0.2, 0.25) is 0 Å². The summed E-state index contributed by atoms with van der Waals surface area (Å²) < 4.78 is 0. The fraction of sp³-hybridized carbons (Fsp3) is 0.900. The minimum Gasteiger partial charge on any atom is -0.342 e. The number of carbonyl (C=O) groups is 1. The van der Waals surface area contributed by atoms with Crippen molar-refractivity contribution in [3.8, 4) is 0 Å². The molecule has 70 valence electrons. The molecule has 1 heterocycles. The molecule has 0 spiro atoms. The number of amides is 1. The fourth-order valence-corrected chi connectivity index (χ4v) is 1.73. The fourth-order valence-electron chi connectivity index (χ4n) is 1.73. The van der Waals surface area contributed by atoms with Crippen LogP contribution in [0, 0.1) is 17.8 Å². The van der Waals surface area contributed by atoms with Gasteiger partial charge in [-0.15, -0.1) is 0 Å². The van der Waals surface area contributed by atoms with E-state index in [0.717, 1.165) is 13.1 Å². The van der Waals surface area contributed by atoms with Crippen LogP contribution in [-0.2, 0) is 4.79 Å². The van der Waals surface area contributed by atoms with Crippen LogP contribution < -0.4 is 0 Å². The summed E-state index contributed by atoms with van der Waals surface area (Å²) in [6, 6.07) is 0. The molecule has 1 saturated heterocycles. The molecule has 2 nitrogen and oxygen atoms in total. The number of nitrogens with zero attached hydrogens (tertiary/aromatic N) is 1. The Hall–Kier alpha value is -0.530. The van der Waals surface area contributed by atoms with Crippen molar-refractivity contribution in [3.63, 3.8) is 0 Å². The van der Waals surface area contributed by atoms with Crippen molar-refractivity contribution in [3.05, 3.63) is 0 Å². The average Bonchev–Trinajstić information content (AvgIpc) is 2.17. The lowest BCUT2D eigenvalue weighted by atomic mass is 10.0. The first-order valence-electron chi connectivity index (χ1n) is 4.81. The van der Waals surface area contributed by atoms with Gasteiger partial charge >= 0.3 is 0 Å². The number of likely N-dealkylation sites (tertiary alicyclic amines) is 1. The van der Waals surface area contributed by atoms with Gasteiger partial charge in [0, 0.05) is 19.0 Å². The van der Waals surface area contributed by atoms with Crippen molar-refractivity contribution in [2.24, 2.45) is 17.8 Å². The summed E-state index contributed by atoms with van der Waals surface area (Å²) >= 11 is 0. The zero-order valence-electron chi connectivity index (χ0n) is 8.50. The van der Waals surface area contributed by atoms with E-state index >= 15 is 0 Å². The molecule has 0 aliphatic carbocycles. The van der Waals surface area contributed by atoms with Crippen LogP contribution in [0.3, 0.4) is 0 Å². The van der Waals surface area contributed by atoms with E-state index in [2.05, 4.69) is 20.8 Å². The van der Waals surface area contributed by atoms with Gasteiger partial charge in [0.25, 0.3) is 0 Å². The molecule has 0 N–H and O–H groups in total. The third kappa shape index (κ3) is 1.79. The van der Waals surface area contributed by atoms with E-state index in [1.807, 2.05) is 11.8 Å². The molecule has 2 atom stereocenters. The molecular formula is C10H19NO. The lowest BCUT2D eigenvalue weighted by molar-refractivity contribution is -0.131. The van der Waals surface area contributed by atoms with Gasteiger partial charge in [0.15, 0.2) is 0 Å². The highest BCUT2D eigenvalue weighted by Crippen LogP contribution is 2.24. The average molecular weight is 169 g/mol. The van der Waals surface area contributed by atoms with E-state index < -0.39 is 0 Å². The van der Waals surface area contributed by atoms with Gasteiger partial charge in [-0.2, -0.15) is 0 Å². The van der Waals surface area contributed by atoms with E-state index in [-0.39, 0.29) is 5.92 Å². The van der Waals surface area contributed by atoms with Crippen molar-refractivity contribution < 1.29 is 4.79 Å². The van der Waals surface area contributed by atoms with Gasteiger partial charge in [-0.1, -0.05) is 27.7 Å². The summed E-state index contributed by atoms with van der Waals surface area (Å²) in [7, 11) is 0. The Labute approximate surface area is 74.9 Å². The van der Waals surface area contributed by atoms with Crippen molar-refractivity contribution in [1.29, 1.82) is 0 Å². The lowest BCUT2D eigenvalue weighted by Gasteiger charge is -2.18. The summed E-state index contributed by atoms with van der Waals surface area (Å²) in [5.74, 6) is 1.71. The van der Waals surface area contributed by atoms with E-state index in [1.54, 1.807) is 0 Å². The van der Waals surface area contributed by atoms with Crippen LogP contribution in [0.1, 0.15) is 27.7 Å². The van der Waals surface area contributed by atoms with Gasteiger partial charge in [-0.05, 0) is 11.8 Å². The van der Waals surface area contributed by atoms with Crippen molar-refractivity contribution in [1.82, 2.24) is 4.90 Å². The smallest absolute Gasteiger partial charge is 0.225 e. The van der Waals surface area contributed by atoms with Crippen molar-refractivity contribution in [2.45, 2.75) is 27.7 Å². The summed E-state index contributed by atoms with van der Waals surface area (Å²) in [4.78, 5) is 13.6. The zero-order chi connectivity index (χ0) is 9.30. The maximum absolute atomic E-state index is 11.6. The Morgan fingerprint density at radius 3 is 2.42 bits per heavy atom. The minimum absolute atomic E-state index is 0.240. The second kappa shape index (κ2) is 3.46. The Morgan fingerprint density at radius 1 is 1.50 bits per heavy atom. The van der Waals surface area contributed by atoms with E-state index in [4.69, 9.17) is 0 Å². The van der Waals surface area contributed by atoms with Crippen LogP contribution in [0.5, 0.6) is 0 Å². The molecular weight excluding hydrogens is 150 g/mol. The molecule has 0 unspecified atom stereocenters.